The summed E-state index contributed by atoms with van der Waals surface area (Å²) in [5.74, 6) is 0. The number of rotatable bonds is 8. The lowest BCUT2D eigenvalue weighted by Gasteiger charge is -2.26. The van der Waals surface area contributed by atoms with E-state index in [-0.39, 0.29) is 0 Å². The van der Waals surface area contributed by atoms with Crippen LogP contribution in [0.2, 0.25) is 0 Å². The lowest BCUT2D eigenvalue weighted by atomic mass is 10.1. The molecule has 0 aliphatic rings. The van der Waals surface area contributed by atoms with Crippen LogP contribution in [0.3, 0.4) is 0 Å². The molecule has 0 spiro atoms. The topological polar surface area (TPSA) is 16.3 Å². The van der Waals surface area contributed by atoms with E-state index in [9.17, 15) is 0 Å². The van der Waals surface area contributed by atoms with Crippen molar-refractivity contribution in [3.63, 3.8) is 0 Å². The molecule has 0 amide bonds. The number of hydrogen-bond acceptors (Lipinski definition) is 5. The number of hydrogen-bond donors (Lipinski definition) is 0. The molecule has 0 N–H and O–H groups in total. The van der Waals surface area contributed by atoms with E-state index in [2.05, 4.69) is 286 Å². The molecule has 0 aliphatic carbocycles. The van der Waals surface area contributed by atoms with Crippen LogP contribution in [0.15, 0.2) is 267 Å². The fourth-order valence-electron chi connectivity index (χ4n) is 12.5. The molecule has 4 nitrogen and oxygen atoms in total. The SMILES string of the molecule is c1ccc(N(c2ccc3c(c2)sc2cc4c(cc23)sc2cc3c(cc24)sc2cc(N(c4ccccc4)c4ccc5c6ccccc6n(-c6ccccc6)c5c4)ccc23)c2ccc3c4ccccc4n(-c4ccccc4)c3c2)cc1. The molecule has 17 rings (SSSR count). The average molecular weight is 1060 g/mol. The maximum Gasteiger partial charge on any atom is 0.0561 e. The van der Waals surface area contributed by atoms with Crippen LogP contribution >= 0.6 is 34.0 Å². The van der Waals surface area contributed by atoms with Crippen LogP contribution in [0.25, 0.3) is 116 Å². The van der Waals surface area contributed by atoms with Crippen molar-refractivity contribution in [2.45, 2.75) is 0 Å². The molecule has 370 valence electrons. The van der Waals surface area contributed by atoms with Crippen molar-refractivity contribution >= 4 is 172 Å². The van der Waals surface area contributed by atoms with E-state index in [4.69, 9.17) is 0 Å². The second kappa shape index (κ2) is 17.5. The third-order valence-electron chi connectivity index (χ3n) is 16.0. The molecule has 0 saturated carbocycles. The van der Waals surface area contributed by atoms with Crippen LogP contribution in [0.5, 0.6) is 0 Å². The highest BCUT2D eigenvalue weighted by Gasteiger charge is 2.22. The van der Waals surface area contributed by atoms with E-state index in [1.165, 1.54) is 104 Å². The molecule has 79 heavy (non-hydrogen) atoms. The monoisotopic (exact) mass is 1060 g/mol. The second-order valence-electron chi connectivity index (χ2n) is 20.5. The Morgan fingerprint density at radius 3 is 0.886 bits per heavy atom. The summed E-state index contributed by atoms with van der Waals surface area (Å²) in [4.78, 5) is 4.82. The zero-order valence-electron chi connectivity index (χ0n) is 42.4. The van der Waals surface area contributed by atoms with E-state index >= 15 is 0 Å². The summed E-state index contributed by atoms with van der Waals surface area (Å²) in [6.45, 7) is 0. The van der Waals surface area contributed by atoms with Gasteiger partial charge in [0.2, 0.25) is 0 Å². The first-order valence-corrected chi connectivity index (χ1v) is 29.2. The summed E-state index contributed by atoms with van der Waals surface area (Å²) in [7, 11) is 0. The van der Waals surface area contributed by atoms with E-state index in [0.29, 0.717) is 0 Å². The zero-order valence-corrected chi connectivity index (χ0v) is 44.9. The number of para-hydroxylation sites is 6. The molecule has 0 aliphatic heterocycles. The van der Waals surface area contributed by atoms with Crippen LogP contribution in [0.1, 0.15) is 0 Å². The van der Waals surface area contributed by atoms with Crippen molar-refractivity contribution in [3.05, 3.63) is 267 Å². The van der Waals surface area contributed by atoms with E-state index in [1.807, 2.05) is 34.0 Å². The van der Waals surface area contributed by atoms with Crippen molar-refractivity contribution in [1.82, 2.24) is 9.13 Å². The number of thiophene rings is 3. The van der Waals surface area contributed by atoms with Gasteiger partial charge in [-0.2, -0.15) is 0 Å². The first-order chi connectivity index (χ1) is 39.1. The largest absolute Gasteiger partial charge is 0.310 e. The molecular weight excluding hydrogens is 1020 g/mol. The first kappa shape index (κ1) is 44.6. The van der Waals surface area contributed by atoms with Crippen LogP contribution < -0.4 is 9.80 Å². The summed E-state index contributed by atoms with van der Waals surface area (Å²) < 4.78 is 12.6. The van der Waals surface area contributed by atoms with Crippen molar-refractivity contribution in [3.8, 4) is 11.4 Å². The fourth-order valence-corrected chi connectivity index (χ4v) is 16.0. The van der Waals surface area contributed by atoms with Crippen LogP contribution in [-0.2, 0) is 0 Å². The minimum Gasteiger partial charge on any atom is -0.310 e. The van der Waals surface area contributed by atoms with Gasteiger partial charge in [0, 0.05) is 128 Å². The Morgan fingerprint density at radius 1 is 0.203 bits per heavy atom. The molecule has 12 aromatic carbocycles. The van der Waals surface area contributed by atoms with Gasteiger partial charge in [-0.05, 0) is 133 Å². The van der Waals surface area contributed by atoms with Crippen molar-refractivity contribution < 1.29 is 0 Å². The standard InChI is InChI=1S/C72H44N4S3/c1-5-17-45(18-6-1)73(49-29-33-55-53-25-13-15-27-63(53)75(65(55)37-49)47-21-9-3-10-22-47)51-31-35-57-59-41-71-61(43-69(59)77-67(57)39-51)62-44-70-60(42-72(62)79-71)58-36-32-52(40-68(58)78-70)74(46-19-7-2-8-20-46)50-30-34-56-54-26-14-16-28-64(54)76(66(56)38-50)48-23-11-4-12-24-48/h1-44H. The summed E-state index contributed by atoms with van der Waals surface area (Å²) >= 11 is 5.70. The Balaban J connectivity index is 0.762. The molecule has 7 heteroatoms. The Kier molecular flexibility index (Phi) is 9.89. The minimum atomic E-state index is 1.12. The van der Waals surface area contributed by atoms with E-state index in [0.717, 1.165) is 45.5 Å². The van der Waals surface area contributed by atoms with Gasteiger partial charge in [-0.1, -0.05) is 133 Å². The molecule has 0 bridgehead atoms. The molecule has 17 aromatic rings. The lowest BCUT2D eigenvalue weighted by Crippen LogP contribution is -2.09. The van der Waals surface area contributed by atoms with Crippen LogP contribution in [0.4, 0.5) is 34.1 Å². The van der Waals surface area contributed by atoms with E-state index in [1.54, 1.807) is 0 Å². The molecule has 0 atom stereocenters. The van der Waals surface area contributed by atoms with Crippen molar-refractivity contribution in [2.75, 3.05) is 9.80 Å². The summed E-state index contributed by atoms with van der Waals surface area (Å²) in [6.07, 6.45) is 0. The maximum atomic E-state index is 2.46. The summed E-state index contributed by atoms with van der Waals surface area (Å²) in [6, 6.07) is 98.4. The molecule has 0 unspecified atom stereocenters. The number of nitrogens with zero attached hydrogens (tertiary/aromatic N) is 4. The van der Waals surface area contributed by atoms with Gasteiger partial charge < -0.3 is 18.9 Å². The Hall–Kier alpha value is -9.50. The quantitative estimate of drug-likeness (QED) is 0.151. The molecule has 5 heterocycles. The van der Waals surface area contributed by atoms with Crippen molar-refractivity contribution in [2.24, 2.45) is 0 Å². The van der Waals surface area contributed by atoms with Gasteiger partial charge in [0.15, 0.2) is 0 Å². The average Bonchev–Trinajstić information content (AvgIpc) is 4.42. The molecule has 5 aromatic heterocycles. The number of anilines is 6. The fraction of sp³-hybridized carbons (Fsp3) is 0. The van der Waals surface area contributed by atoms with Crippen molar-refractivity contribution in [1.29, 1.82) is 0 Å². The maximum absolute atomic E-state index is 2.46. The molecular formula is C72H44N4S3. The van der Waals surface area contributed by atoms with Crippen LogP contribution in [0, 0.1) is 0 Å². The van der Waals surface area contributed by atoms with Gasteiger partial charge in [0.1, 0.15) is 0 Å². The first-order valence-electron chi connectivity index (χ1n) is 26.7. The summed E-state index contributed by atoms with van der Waals surface area (Å²) in [5.41, 5.74) is 13.8. The molecule has 0 saturated heterocycles. The lowest BCUT2D eigenvalue weighted by molar-refractivity contribution is 1.18. The zero-order chi connectivity index (χ0) is 51.7. The number of fused-ring (bicyclic) bond motifs is 15. The summed E-state index contributed by atoms with van der Waals surface area (Å²) in [5, 5.41) is 12.9. The predicted molar refractivity (Wildman–Crippen MR) is 343 cm³/mol. The normalized spacial score (nSPS) is 12.1. The van der Waals surface area contributed by atoms with Gasteiger partial charge in [0.05, 0.1) is 22.1 Å². The number of aromatic nitrogens is 2. The van der Waals surface area contributed by atoms with Gasteiger partial charge in [-0.15, -0.1) is 34.0 Å². The molecule has 0 radical (unpaired) electrons. The van der Waals surface area contributed by atoms with Gasteiger partial charge >= 0.3 is 0 Å². The Bertz CT molecular complexity index is 4930. The van der Waals surface area contributed by atoms with Crippen LogP contribution in [-0.4, -0.2) is 9.13 Å². The van der Waals surface area contributed by atoms with Gasteiger partial charge in [-0.25, -0.2) is 0 Å². The Labute approximate surface area is 466 Å². The third-order valence-corrected chi connectivity index (χ3v) is 19.4. The highest BCUT2D eigenvalue weighted by atomic mass is 32.1. The number of benzene rings is 12. The second-order valence-corrected chi connectivity index (χ2v) is 23.7. The highest BCUT2D eigenvalue weighted by molar-refractivity contribution is 7.28. The van der Waals surface area contributed by atoms with Gasteiger partial charge in [0.25, 0.3) is 0 Å². The molecule has 0 fully saturated rings. The minimum absolute atomic E-state index is 1.12. The third kappa shape index (κ3) is 6.97. The predicted octanol–water partition coefficient (Wildman–Crippen LogP) is 21.9. The highest BCUT2D eigenvalue weighted by Crippen LogP contribution is 2.49. The smallest absolute Gasteiger partial charge is 0.0561 e. The Morgan fingerprint density at radius 2 is 0.494 bits per heavy atom. The van der Waals surface area contributed by atoms with Gasteiger partial charge in [-0.3, -0.25) is 0 Å². The van der Waals surface area contributed by atoms with E-state index < -0.39 is 0 Å².